The first-order valence-electron chi connectivity index (χ1n) is 8.51. The molecule has 1 fully saturated rings. The number of phenols is 1. The number of carbonyl (C=O) groups is 1. The van der Waals surface area contributed by atoms with Crippen molar-refractivity contribution in [3.63, 3.8) is 0 Å². The number of phenolic OH excluding ortho intramolecular Hbond substituents is 1. The fourth-order valence-corrected chi connectivity index (χ4v) is 2.86. The van der Waals surface area contributed by atoms with E-state index in [1.54, 1.807) is 29.2 Å². The highest BCUT2D eigenvalue weighted by molar-refractivity contribution is 5.68. The second-order valence-electron chi connectivity index (χ2n) is 7.33. The molecule has 0 radical (unpaired) electrons. The van der Waals surface area contributed by atoms with Gasteiger partial charge in [-0.3, -0.25) is 5.10 Å². The molecule has 1 amide bonds. The number of piperidine rings is 1. The molecule has 0 atom stereocenters. The average Bonchev–Trinajstić information content (AvgIpc) is 3.04. The van der Waals surface area contributed by atoms with Crippen molar-refractivity contribution < 1.29 is 14.6 Å². The maximum atomic E-state index is 12.1. The number of likely N-dealkylation sites (tertiary alicyclic amines) is 1. The zero-order valence-electron chi connectivity index (χ0n) is 14.8. The molecular formula is C18H24N4O3. The summed E-state index contributed by atoms with van der Waals surface area (Å²) in [5, 5.41) is 16.6. The summed E-state index contributed by atoms with van der Waals surface area (Å²) in [4.78, 5) is 18.5. The van der Waals surface area contributed by atoms with Crippen LogP contribution in [-0.2, 0) is 4.74 Å². The number of nitrogens with one attached hydrogen (secondary N) is 1. The van der Waals surface area contributed by atoms with Crippen molar-refractivity contribution >= 4 is 6.09 Å². The zero-order chi connectivity index (χ0) is 18.0. The molecule has 134 valence electrons. The lowest BCUT2D eigenvalue weighted by molar-refractivity contribution is 0.0203. The molecular weight excluding hydrogens is 320 g/mol. The topological polar surface area (TPSA) is 91.3 Å². The Hall–Kier alpha value is -2.57. The molecule has 0 spiro atoms. The number of hydrogen-bond donors (Lipinski definition) is 2. The van der Waals surface area contributed by atoms with Gasteiger partial charge in [0, 0.05) is 24.6 Å². The van der Waals surface area contributed by atoms with Gasteiger partial charge in [-0.25, -0.2) is 9.78 Å². The van der Waals surface area contributed by atoms with E-state index < -0.39 is 5.60 Å². The molecule has 0 saturated carbocycles. The Kier molecular flexibility index (Phi) is 4.65. The number of ether oxygens (including phenoxy) is 1. The highest BCUT2D eigenvalue weighted by atomic mass is 16.6. The van der Waals surface area contributed by atoms with Crippen LogP contribution in [0.1, 0.15) is 45.4 Å². The number of hydrogen-bond acceptors (Lipinski definition) is 5. The Bertz CT molecular complexity index is 726. The van der Waals surface area contributed by atoms with Gasteiger partial charge in [-0.2, -0.15) is 5.10 Å². The summed E-state index contributed by atoms with van der Waals surface area (Å²) < 4.78 is 5.42. The van der Waals surface area contributed by atoms with Crippen molar-refractivity contribution in [3.05, 3.63) is 30.1 Å². The van der Waals surface area contributed by atoms with Crippen LogP contribution in [-0.4, -0.2) is 50.0 Å². The molecule has 0 unspecified atom stereocenters. The summed E-state index contributed by atoms with van der Waals surface area (Å²) in [6.07, 6.45) is 1.39. The van der Waals surface area contributed by atoms with E-state index >= 15 is 0 Å². The van der Waals surface area contributed by atoms with Gasteiger partial charge in [0.15, 0.2) is 5.82 Å². The summed E-state index contributed by atoms with van der Waals surface area (Å²) in [5.74, 6) is 1.92. The van der Waals surface area contributed by atoms with Gasteiger partial charge in [0.1, 0.15) is 17.2 Å². The Morgan fingerprint density at radius 2 is 1.88 bits per heavy atom. The second kappa shape index (κ2) is 6.74. The number of aromatic amines is 1. The van der Waals surface area contributed by atoms with Crippen LogP contribution in [0.25, 0.3) is 11.4 Å². The van der Waals surface area contributed by atoms with Gasteiger partial charge >= 0.3 is 6.09 Å². The van der Waals surface area contributed by atoms with Crippen molar-refractivity contribution in [2.45, 2.75) is 45.1 Å². The number of carbonyl (C=O) groups excluding carboxylic acids is 1. The van der Waals surface area contributed by atoms with Crippen LogP contribution < -0.4 is 0 Å². The maximum absolute atomic E-state index is 12.1. The summed E-state index contributed by atoms with van der Waals surface area (Å²) >= 11 is 0. The van der Waals surface area contributed by atoms with Crippen LogP contribution in [0.5, 0.6) is 5.75 Å². The number of nitrogens with zero attached hydrogens (tertiary/aromatic N) is 3. The molecule has 3 rings (SSSR count). The van der Waals surface area contributed by atoms with E-state index in [1.165, 1.54) is 0 Å². The van der Waals surface area contributed by atoms with Gasteiger partial charge in [-0.05, 0) is 57.9 Å². The van der Waals surface area contributed by atoms with E-state index in [0.717, 1.165) is 24.2 Å². The molecule has 7 nitrogen and oxygen atoms in total. The lowest BCUT2D eigenvalue weighted by atomic mass is 9.96. The first kappa shape index (κ1) is 17.3. The maximum Gasteiger partial charge on any atom is 0.410 e. The van der Waals surface area contributed by atoms with Crippen molar-refractivity contribution in [2.75, 3.05) is 13.1 Å². The molecule has 2 aromatic rings. The SMILES string of the molecule is CC(C)(C)OC(=O)N1CCC(c2nc(-c3ccc(O)cc3)n[nH]2)CC1. The third kappa shape index (κ3) is 4.29. The molecule has 7 heteroatoms. The van der Waals surface area contributed by atoms with E-state index in [1.807, 2.05) is 20.8 Å². The van der Waals surface area contributed by atoms with Gasteiger partial charge in [-0.1, -0.05) is 0 Å². The third-order valence-corrected chi connectivity index (χ3v) is 4.16. The summed E-state index contributed by atoms with van der Waals surface area (Å²) in [6, 6.07) is 6.80. The van der Waals surface area contributed by atoms with Crippen LogP contribution in [0.4, 0.5) is 4.79 Å². The number of H-pyrrole nitrogens is 1. The standard InChI is InChI=1S/C18H24N4O3/c1-18(2,3)25-17(24)22-10-8-13(9-11-22)16-19-15(20-21-16)12-4-6-14(23)7-5-12/h4-7,13,23H,8-11H2,1-3H3,(H,19,20,21). The molecule has 1 aliphatic rings. The van der Waals surface area contributed by atoms with Gasteiger partial charge in [0.05, 0.1) is 0 Å². The molecule has 1 aromatic carbocycles. The van der Waals surface area contributed by atoms with Gasteiger partial charge in [0.2, 0.25) is 0 Å². The Morgan fingerprint density at radius 1 is 1.24 bits per heavy atom. The first-order chi connectivity index (χ1) is 11.8. The van der Waals surface area contributed by atoms with E-state index in [2.05, 4.69) is 15.2 Å². The first-order valence-corrected chi connectivity index (χ1v) is 8.51. The Balaban J connectivity index is 1.60. The summed E-state index contributed by atoms with van der Waals surface area (Å²) in [6.45, 7) is 6.91. The van der Waals surface area contributed by atoms with Crippen LogP contribution in [0, 0.1) is 0 Å². The normalized spacial score (nSPS) is 16.0. The van der Waals surface area contributed by atoms with E-state index in [-0.39, 0.29) is 17.8 Å². The predicted molar refractivity (Wildman–Crippen MR) is 93.3 cm³/mol. The van der Waals surface area contributed by atoms with E-state index in [0.29, 0.717) is 18.9 Å². The second-order valence-corrected chi connectivity index (χ2v) is 7.33. The van der Waals surface area contributed by atoms with Crippen molar-refractivity contribution in [1.29, 1.82) is 0 Å². The van der Waals surface area contributed by atoms with Crippen LogP contribution in [0.15, 0.2) is 24.3 Å². The lowest BCUT2D eigenvalue weighted by Crippen LogP contribution is -2.41. The smallest absolute Gasteiger partial charge is 0.410 e. The van der Waals surface area contributed by atoms with Crippen LogP contribution in [0.2, 0.25) is 0 Å². The lowest BCUT2D eigenvalue weighted by Gasteiger charge is -2.32. The predicted octanol–water partition coefficient (Wildman–Crippen LogP) is 3.29. The number of aromatic nitrogens is 3. The average molecular weight is 344 g/mol. The molecule has 2 heterocycles. The molecule has 25 heavy (non-hydrogen) atoms. The molecule has 1 aromatic heterocycles. The Labute approximate surface area is 147 Å². The number of aromatic hydroxyl groups is 1. The van der Waals surface area contributed by atoms with Crippen LogP contribution >= 0.6 is 0 Å². The van der Waals surface area contributed by atoms with Gasteiger partial charge < -0.3 is 14.7 Å². The highest BCUT2D eigenvalue weighted by Crippen LogP contribution is 2.28. The highest BCUT2D eigenvalue weighted by Gasteiger charge is 2.28. The van der Waals surface area contributed by atoms with Crippen LogP contribution in [0.3, 0.4) is 0 Å². The Morgan fingerprint density at radius 3 is 2.48 bits per heavy atom. The third-order valence-electron chi connectivity index (χ3n) is 4.16. The number of amides is 1. The fraction of sp³-hybridized carbons (Fsp3) is 0.500. The minimum Gasteiger partial charge on any atom is -0.508 e. The number of rotatable bonds is 2. The largest absolute Gasteiger partial charge is 0.508 e. The van der Waals surface area contributed by atoms with Crippen molar-refractivity contribution in [3.8, 4) is 17.1 Å². The minimum atomic E-state index is -0.474. The van der Waals surface area contributed by atoms with E-state index in [4.69, 9.17) is 4.74 Å². The molecule has 2 N–H and O–H groups in total. The van der Waals surface area contributed by atoms with Gasteiger partial charge in [0.25, 0.3) is 0 Å². The molecule has 1 saturated heterocycles. The number of benzene rings is 1. The van der Waals surface area contributed by atoms with Crippen molar-refractivity contribution in [2.24, 2.45) is 0 Å². The molecule has 0 bridgehead atoms. The summed E-state index contributed by atoms with van der Waals surface area (Å²) in [7, 11) is 0. The molecule has 0 aliphatic carbocycles. The summed E-state index contributed by atoms with van der Waals surface area (Å²) in [5.41, 5.74) is 0.379. The van der Waals surface area contributed by atoms with Gasteiger partial charge in [-0.15, -0.1) is 0 Å². The molecule has 1 aliphatic heterocycles. The minimum absolute atomic E-state index is 0.217. The van der Waals surface area contributed by atoms with E-state index in [9.17, 15) is 9.90 Å². The fourth-order valence-electron chi connectivity index (χ4n) is 2.86. The zero-order valence-corrected chi connectivity index (χ0v) is 14.8. The quantitative estimate of drug-likeness (QED) is 0.872. The monoisotopic (exact) mass is 344 g/mol. The van der Waals surface area contributed by atoms with Crippen molar-refractivity contribution in [1.82, 2.24) is 20.1 Å².